The van der Waals surface area contributed by atoms with Gasteiger partial charge in [-0.05, 0) is 30.0 Å². The fourth-order valence-corrected chi connectivity index (χ4v) is 2.82. The summed E-state index contributed by atoms with van der Waals surface area (Å²) in [5.74, 6) is -1.22. The monoisotopic (exact) mass is 356 g/mol. The van der Waals surface area contributed by atoms with Gasteiger partial charge in [0.2, 0.25) is 0 Å². The average Bonchev–Trinajstić information content (AvgIpc) is 2.55. The van der Waals surface area contributed by atoms with E-state index in [1.54, 1.807) is 0 Å². The van der Waals surface area contributed by atoms with Gasteiger partial charge in [0.05, 0.1) is 6.04 Å². The molecule has 1 aliphatic heterocycles. The number of carbonyl (C=O) groups is 3. The summed E-state index contributed by atoms with van der Waals surface area (Å²) in [6, 6.07) is 7.30. The number of amides is 2. The SMILES string of the molecule is O=C(O)[C@@H]1CC[C@@H](N(OCc2ccccc2)C(=O)Cl)CN1C(=O)O. The predicted octanol–water partition coefficient (Wildman–Crippen LogP) is 2.37. The summed E-state index contributed by atoms with van der Waals surface area (Å²) in [5, 5.41) is 18.3. The molecule has 9 heteroatoms. The summed E-state index contributed by atoms with van der Waals surface area (Å²) in [6.45, 7) is -0.0925. The summed E-state index contributed by atoms with van der Waals surface area (Å²) >= 11 is 5.55. The van der Waals surface area contributed by atoms with Gasteiger partial charge in [0.25, 0.3) is 0 Å². The van der Waals surface area contributed by atoms with Gasteiger partial charge in [0, 0.05) is 6.54 Å². The number of aliphatic carboxylic acids is 1. The molecule has 1 aliphatic rings. The van der Waals surface area contributed by atoms with E-state index in [9.17, 15) is 19.5 Å². The molecule has 0 unspecified atom stereocenters. The molecule has 2 amide bonds. The van der Waals surface area contributed by atoms with Crippen molar-refractivity contribution < 1.29 is 29.4 Å². The highest BCUT2D eigenvalue weighted by Gasteiger charge is 2.39. The number of likely N-dealkylation sites (tertiary alicyclic amines) is 1. The van der Waals surface area contributed by atoms with Crippen LogP contribution in [0, 0.1) is 0 Å². The molecule has 0 radical (unpaired) electrons. The number of carboxylic acids is 1. The maximum absolute atomic E-state index is 11.6. The molecule has 0 spiro atoms. The van der Waals surface area contributed by atoms with Gasteiger partial charge < -0.3 is 10.2 Å². The zero-order valence-electron chi connectivity index (χ0n) is 12.7. The van der Waals surface area contributed by atoms with Crippen LogP contribution in [-0.4, -0.2) is 56.2 Å². The van der Waals surface area contributed by atoms with Crippen molar-refractivity contribution in [3.05, 3.63) is 35.9 Å². The Morgan fingerprint density at radius 3 is 2.42 bits per heavy atom. The Balaban J connectivity index is 2.06. The molecule has 1 aromatic rings. The lowest BCUT2D eigenvalue weighted by molar-refractivity contribution is -0.165. The standard InChI is InChI=1S/C15H17ClN2O6/c16-14(21)18(24-9-10-4-2-1-3-5-10)11-6-7-12(13(19)20)17(8-11)15(22)23/h1-5,11-12H,6-9H2,(H,19,20)(H,22,23)/t11-,12+/m1/s1. The molecule has 2 atom stereocenters. The maximum Gasteiger partial charge on any atom is 0.408 e. The molecule has 130 valence electrons. The third-order valence-electron chi connectivity index (χ3n) is 3.81. The van der Waals surface area contributed by atoms with Crippen molar-refractivity contribution in [2.45, 2.75) is 31.5 Å². The number of carbonyl (C=O) groups excluding carboxylic acids is 1. The summed E-state index contributed by atoms with van der Waals surface area (Å²) in [4.78, 5) is 40.3. The van der Waals surface area contributed by atoms with Gasteiger partial charge in [-0.25, -0.2) is 14.7 Å². The van der Waals surface area contributed by atoms with E-state index < -0.39 is 29.5 Å². The van der Waals surface area contributed by atoms with Crippen molar-refractivity contribution in [3.63, 3.8) is 0 Å². The Bertz CT molecular complexity index is 611. The van der Waals surface area contributed by atoms with Crippen molar-refractivity contribution in [2.75, 3.05) is 6.54 Å². The van der Waals surface area contributed by atoms with Crippen molar-refractivity contribution in [3.8, 4) is 0 Å². The van der Waals surface area contributed by atoms with E-state index >= 15 is 0 Å². The average molecular weight is 357 g/mol. The van der Waals surface area contributed by atoms with Crippen LogP contribution in [0.5, 0.6) is 0 Å². The quantitative estimate of drug-likeness (QED) is 0.476. The molecule has 8 nitrogen and oxygen atoms in total. The zero-order valence-corrected chi connectivity index (χ0v) is 13.4. The lowest BCUT2D eigenvalue weighted by Crippen LogP contribution is -2.56. The van der Waals surface area contributed by atoms with Crippen LogP contribution in [0.15, 0.2) is 30.3 Å². The van der Waals surface area contributed by atoms with Gasteiger partial charge in [-0.1, -0.05) is 30.3 Å². The van der Waals surface area contributed by atoms with Crippen molar-refractivity contribution in [1.29, 1.82) is 0 Å². The van der Waals surface area contributed by atoms with Crippen molar-refractivity contribution in [1.82, 2.24) is 9.96 Å². The Morgan fingerprint density at radius 1 is 1.21 bits per heavy atom. The highest BCUT2D eigenvalue weighted by Crippen LogP contribution is 2.23. The molecule has 1 fully saturated rings. The second-order valence-corrected chi connectivity index (χ2v) is 5.68. The highest BCUT2D eigenvalue weighted by atomic mass is 35.5. The fraction of sp³-hybridized carbons (Fsp3) is 0.400. The largest absolute Gasteiger partial charge is 0.480 e. The minimum Gasteiger partial charge on any atom is -0.480 e. The smallest absolute Gasteiger partial charge is 0.408 e. The van der Waals surface area contributed by atoms with E-state index in [1.807, 2.05) is 30.3 Å². The zero-order chi connectivity index (χ0) is 17.7. The van der Waals surface area contributed by atoms with Crippen LogP contribution < -0.4 is 0 Å². The molecule has 1 heterocycles. The summed E-state index contributed by atoms with van der Waals surface area (Å²) in [7, 11) is 0. The molecule has 1 aromatic carbocycles. The number of hydroxylamine groups is 2. The van der Waals surface area contributed by atoms with Crippen LogP contribution in [0.4, 0.5) is 9.59 Å². The number of hydrogen-bond acceptors (Lipinski definition) is 4. The van der Waals surface area contributed by atoms with Gasteiger partial charge >= 0.3 is 17.4 Å². The van der Waals surface area contributed by atoms with Gasteiger partial charge in [0.15, 0.2) is 0 Å². The normalized spacial score (nSPS) is 20.5. The first-order valence-corrected chi connectivity index (χ1v) is 7.66. The molecule has 0 aromatic heterocycles. The number of hydrogen-bond donors (Lipinski definition) is 2. The Morgan fingerprint density at radius 2 is 1.88 bits per heavy atom. The number of carboxylic acid groups (broad SMARTS) is 2. The van der Waals surface area contributed by atoms with Gasteiger partial charge in [0.1, 0.15) is 12.6 Å². The lowest BCUT2D eigenvalue weighted by Gasteiger charge is -2.39. The van der Waals surface area contributed by atoms with E-state index in [1.165, 1.54) is 0 Å². The second kappa shape index (κ2) is 7.98. The fourth-order valence-electron chi connectivity index (χ4n) is 2.63. The van der Waals surface area contributed by atoms with Crippen LogP contribution >= 0.6 is 11.6 Å². The number of piperidine rings is 1. The molecule has 0 saturated carbocycles. The van der Waals surface area contributed by atoms with Gasteiger partial charge in [-0.3, -0.25) is 14.5 Å². The van der Waals surface area contributed by atoms with E-state index in [4.69, 9.17) is 21.5 Å². The van der Waals surface area contributed by atoms with Crippen LogP contribution in [0.3, 0.4) is 0 Å². The van der Waals surface area contributed by atoms with Gasteiger partial charge in [-0.15, -0.1) is 0 Å². The van der Waals surface area contributed by atoms with E-state index in [0.717, 1.165) is 15.5 Å². The molecule has 0 aliphatic carbocycles. The molecule has 2 rings (SSSR count). The lowest BCUT2D eigenvalue weighted by atomic mass is 9.98. The second-order valence-electron chi connectivity index (χ2n) is 5.36. The molecule has 0 bridgehead atoms. The molecular weight excluding hydrogens is 340 g/mol. The maximum atomic E-state index is 11.6. The summed E-state index contributed by atoms with van der Waals surface area (Å²) < 4.78 is 0. The van der Waals surface area contributed by atoms with Crippen LogP contribution in [0.25, 0.3) is 0 Å². The minimum absolute atomic E-state index is 0.0711. The highest BCUT2D eigenvalue weighted by molar-refractivity contribution is 6.62. The van der Waals surface area contributed by atoms with Gasteiger partial charge in [-0.2, -0.15) is 0 Å². The molecule has 1 saturated heterocycles. The third-order valence-corrected chi connectivity index (χ3v) is 3.97. The first-order chi connectivity index (χ1) is 11.4. The van der Waals surface area contributed by atoms with Crippen LogP contribution in [0.2, 0.25) is 0 Å². The number of halogens is 1. The molecule has 24 heavy (non-hydrogen) atoms. The Hall–Kier alpha value is -2.32. The van der Waals surface area contributed by atoms with Crippen molar-refractivity contribution in [2.24, 2.45) is 0 Å². The van der Waals surface area contributed by atoms with E-state index in [0.29, 0.717) is 0 Å². The molecular formula is C15H17ClN2O6. The first kappa shape index (κ1) is 18.0. The van der Waals surface area contributed by atoms with Crippen molar-refractivity contribution >= 4 is 29.0 Å². The number of nitrogens with zero attached hydrogens (tertiary/aromatic N) is 2. The predicted molar refractivity (Wildman–Crippen MR) is 83.5 cm³/mol. The summed E-state index contributed by atoms with van der Waals surface area (Å²) in [6.07, 6.45) is -1.02. The Kier molecular flexibility index (Phi) is 5.99. The summed E-state index contributed by atoms with van der Waals surface area (Å²) in [5.41, 5.74) is 0.815. The molecule has 2 N–H and O–H groups in total. The minimum atomic E-state index is -1.36. The number of benzene rings is 1. The van der Waals surface area contributed by atoms with E-state index in [2.05, 4.69) is 0 Å². The Labute approximate surface area is 143 Å². The first-order valence-electron chi connectivity index (χ1n) is 7.28. The third kappa shape index (κ3) is 4.36. The van der Waals surface area contributed by atoms with Crippen LogP contribution in [0.1, 0.15) is 18.4 Å². The number of rotatable bonds is 5. The van der Waals surface area contributed by atoms with Crippen LogP contribution in [-0.2, 0) is 16.2 Å². The van der Waals surface area contributed by atoms with E-state index in [-0.39, 0.29) is 26.0 Å². The topological polar surface area (TPSA) is 107 Å².